The number of aromatic nitrogens is 2. The van der Waals surface area contributed by atoms with Crippen molar-refractivity contribution in [3.8, 4) is 23.0 Å². The Morgan fingerprint density at radius 1 is 1.08 bits per heavy atom. The second-order valence-corrected chi connectivity index (χ2v) is 6.45. The standard InChI is InChI=1S/C18H14N2O4S/c1-11-2-4-12(5-3-11)17-19-20-18(24-17)25-9-14(21)13-6-7-15-16(8-13)23-10-22-15/h2-8H,9-10H2,1H3. The zero-order chi connectivity index (χ0) is 17.2. The molecule has 4 rings (SSSR count). The lowest BCUT2D eigenvalue weighted by Crippen LogP contribution is -2.02. The van der Waals surface area contributed by atoms with Gasteiger partial charge in [0.1, 0.15) is 0 Å². The van der Waals surface area contributed by atoms with Crippen LogP contribution in [-0.4, -0.2) is 28.5 Å². The number of aryl methyl sites for hydroxylation is 1. The minimum Gasteiger partial charge on any atom is -0.454 e. The molecular formula is C18H14N2O4S. The molecule has 0 amide bonds. The number of carbonyl (C=O) groups is 1. The molecule has 126 valence electrons. The van der Waals surface area contributed by atoms with Crippen molar-refractivity contribution < 1.29 is 18.7 Å². The van der Waals surface area contributed by atoms with Gasteiger partial charge in [-0.2, -0.15) is 0 Å². The van der Waals surface area contributed by atoms with Crippen LogP contribution in [0.25, 0.3) is 11.5 Å². The molecule has 1 aromatic heterocycles. The third-order valence-corrected chi connectivity index (χ3v) is 4.54. The van der Waals surface area contributed by atoms with Gasteiger partial charge in [-0.15, -0.1) is 10.2 Å². The van der Waals surface area contributed by atoms with Crippen LogP contribution >= 0.6 is 11.8 Å². The Balaban J connectivity index is 1.41. The van der Waals surface area contributed by atoms with E-state index < -0.39 is 0 Å². The zero-order valence-electron chi connectivity index (χ0n) is 13.4. The lowest BCUT2D eigenvalue weighted by Gasteiger charge is -2.01. The summed E-state index contributed by atoms with van der Waals surface area (Å²) in [4.78, 5) is 12.3. The van der Waals surface area contributed by atoms with Crippen LogP contribution in [0, 0.1) is 6.92 Å². The van der Waals surface area contributed by atoms with Gasteiger partial charge < -0.3 is 13.9 Å². The number of fused-ring (bicyclic) bond motifs is 1. The third kappa shape index (κ3) is 3.36. The molecule has 0 radical (unpaired) electrons. The van der Waals surface area contributed by atoms with Crippen LogP contribution in [0.15, 0.2) is 52.1 Å². The van der Waals surface area contributed by atoms with E-state index in [2.05, 4.69) is 10.2 Å². The largest absolute Gasteiger partial charge is 0.454 e. The maximum absolute atomic E-state index is 12.3. The van der Waals surface area contributed by atoms with Gasteiger partial charge in [0, 0.05) is 11.1 Å². The second-order valence-electron chi connectivity index (χ2n) is 5.52. The molecular weight excluding hydrogens is 340 g/mol. The number of Topliss-reactive ketones (excluding diaryl/α,β-unsaturated/α-hetero) is 1. The number of hydrogen-bond donors (Lipinski definition) is 0. The van der Waals surface area contributed by atoms with Crippen molar-refractivity contribution >= 4 is 17.5 Å². The van der Waals surface area contributed by atoms with Crippen molar-refractivity contribution in [3.63, 3.8) is 0 Å². The molecule has 0 N–H and O–H groups in total. The molecule has 1 aliphatic rings. The van der Waals surface area contributed by atoms with E-state index in [1.165, 1.54) is 11.8 Å². The molecule has 0 fully saturated rings. The summed E-state index contributed by atoms with van der Waals surface area (Å²) in [5, 5.41) is 8.38. The molecule has 0 atom stereocenters. The summed E-state index contributed by atoms with van der Waals surface area (Å²) >= 11 is 1.21. The molecule has 2 heterocycles. The zero-order valence-corrected chi connectivity index (χ0v) is 14.2. The highest BCUT2D eigenvalue weighted by molar-refractivity contribution is 7.99. The van der Waals surface area contributed by atoms with E-state index in [-0.39, 0.29) is 18.3 Å². The fraction of sp³-hybridized carbons (Fsp3) is 0.167. The molecule has 1 aliphatic heterocycles. The first-order chi connectivity index (χ1) is 12.2. The van der Waals surface area contributed by atoms with Crippen LogP contribution in [0.5, 0.6) is 11.5 Å². The van der Waals surface area contributed by atoms with Gasteiger partial charge >= 0.3 is 0 Å². The summed E-state index contributed by atoms with van der Waals surface area (Å²) in [6, 6.07) is 13.0. The van der Waals surface area contributed by atoms with Gasteiger partial charge in [-0.05, 0) is 37.3 Å². The average Bonchev–Trinajstić information content (AvgIpc) is 3.29. The first-order valence-corrected chi connectivity index (χ1v) is 8.64. The Morgan fingerprint density at radius 3 is 2.72 bits per heavy atom. The van der Waals surface area contributed by atoms with Crippen LogP contribution in [-0.2, 0) is 0 Å². The molecule has 0 saturated carbocycles. The minimum absolute atomic E-state index is 0.0432. The van der Waals surface area contributed by atoms with Gasteiger partial charge in [-0.1, -0.05) is 29.5 Å². The fourth-order valence-corrected chi connectivity index (χ4v) is 3.02. The molecule has 7 heteroatoms. The van der Waals surface area contributed by atoms with Crippen molar-refractivity contribution in [2.45, 2.75) is 12.1 Å². The highest BCUT2D eigenvalue weighted by atomic mass is 32.2. The van der Waals surface area contributed by atoms with E-state index >= 15 is 0 Å². The van der Waals surface area contributed by atoms with Crippen LogP contribution in [0.1, 0.15) is 15.9 Å². The summed E-state index contributed by atoms with van der Waals surface area (Å²) < 4.78 is 16.1. The third-order valence-electron chi connectivity index (χ3n) is 3.73. The number of thioether (sulfide) groups is 1. The maximum atomic E-state index is 12.3. The van der Waals surface area contributed by atoms with E-state index in [0.717, 1.165) is 11.1 Å². The molecule has 0 saturated heterocycles. The normalized spacial score (nSPS) is 12.4. The molecule has 0 unspecified atom stereocenters. The Kier molecular flexibility index (Phi) is 4.15. The van der Waals surface area contributed by atoms with Crippen molar-refractivity contribution in [1.29, 1.82) is 0 Å². The van der Waals surface area contributed by atoms with Gasteiger partial charge in [0.2, 0.25) is 12.7 Å². The maximum Gasteiger partial charge on any atom is 0.277 e. The molecule has 6 nitrogen and oxygen atoms in total. The molecule has 0 bridgehead atoms. The van der Waals surface area contributed by atoms with Crippen molar-refractivity contribution in [2.75, 3.05) is 12.5 Å². The minimum atomic E-state index is -0.0432. The number of ketones is 1. The van der Waals surface area contributed by atoms with Crippen LogP contribution in [0.2, 0.25) is 0 Å². The molecule has 3 aromatic rings. The van der Waals surface area contributed by atoms with Crippen molar-refractivity contribution in [2.24, 2.45) is 0 Å². The first kappa shape index (κ1) is 15.7. The summed E-state index contributed by atoms with van der Waals surface area (Å²) in [6.45, 7) is 2.20. The van der Waals surface area contributed by atoms with Crippen LogP contribution in [0.4, 0.5) is 0 Å². The number of benzene rings is 2. The molecule has 0 aliphatic carbocycles. The highest BCUT2D eigenvalue weighted by Gasteiger charge is 2.17. The lowest BCUT2D eigenvalue weighted by atomic mass is 10.1. The summed E-state index contributed by atoms with van der Waals surface area (Å²) in [5.41, 5.74) is 2.58. The van der Waals surface area contributed by atoms with Gasteiger partial charge in [-0.25, -0.2) is 0 Å². The molecule has 25 heavy (non-hydrogen) atoms. The Labute approximate surface area is 148 Å². The van der Waals surface area contributed by atoms with Crippen LogP contribution in [0.3, 0.4) is 0 Å². The fourth-order valence-electron chi connectivity index (χ4n) is 2.36. The monoisotopic (exact) mass is 354 g/mol. The van der Waals surface area contributed by atoms with E-state index in [1.807, 2.05) is 31.2 Å². The van der Waals surface area contributed by atoms with Gasteiger partial charge in [0.15, 0.2) is 17.3 Å². The lowest BCUT2D eigenvalue weighted by molar-refractivity contribution is 0.102. The smallest absolute Gasteiger partial charge is 0.277 e. The van der Waals surface area contributed by atoms with E-state index in [4.69, 9.17) is 13.9 Å². The SMILES string of the molecule is Cc1ccc(-c2nnc(SCC(=O)c3ccc4c(c3)OCO4)o2)cc1. The van der Waals surface area contributed by atoms with Crippen molar-refractivity contribution in [1.82, 2.24) is 10.2 Å². The molecule has 2 aromatic carbocycles. The van der Waals surface area contributed by atoms with E-state index in [9.17, 15) is 4.79 Å². The number of nitrogens with zero attached hydrogens (tertiary/aromatic N) is 2. The average molecular weight is 354 g/mol. The highest BCUT2D eigenvalue weighted by Crippen LogP contribution is 2.33. The topological polar surface area (TPSA) is 74.5 Å². The Bertz CT molecular complexity index is 921. The molecule has 0 spiro atoms. The second kappa shape index (κ2) is 6.60. The number of ether oxygens (including phenoxy) is 2. The summed E-state index contributed by atoms with van der Waals surface area (Å²) in [5.74, 6) is 1.85. The number of carbonyl (C=O) groups excluding carboxylic acids is 1. The summed E-state index contributed by atoms with van der Waals surface area (Å²) in [6.07, 6.45) is 0. The van der Waals surface area contributed by atoms with E-state index in [1.54, 1.807) is 18.2 Å². The van der Waals surface area contributed by atoms with Gasteiger partial charge in [0.05, 0.1) is 5.75 Å². The summed E-state index contributed by atoms with van der Waals surface area (Å²) in [7, 11) is 0. The first-order valence-electron chi connectivity index (χ1n) is 7.65. The predicted octanol–water partition coefficient (Wildman–Crippen LogP) is 3.75. The van der Waals surface area contributed by atoms with Crippen LogP contribution < -0.4 is 9.47 Å². The van der Waals surface area contributed by atoms with Gasteiger partial charge in [0.25, 0.3) is 5.22 Å². The van der Waals surface area contributed by atoms with Crippen molar-refractivity contribution in [3.05, 3.63) is 53.6 Å². The number of hydrogen-bond acceptors (Lipinski definition) is 7. The van der Waals surface area contributed by atoms with Gasteiger partial charge in [-0.3, -0.25) is 4.79 Å². The van der Waals surface area contributed by atoms with E-state index in [0.29, 0.717) is 28.2 Å². The quantitative estimate of drug-likeness (QED) is 0.510. The number of rotatable bonds is 5. The Morgan fingerprint density at radius 2 is 1.88 bits per heavy atom. The Hall–Kier alpha value is -2.80. The predicted molar refractivity (Wildman–Crippen MR) is 92.1 cm³/mol.